The van der Waals surface area contributed by atoms with Gasteiger partial charge in [-0.2, -0.15) is 0 Å². The highest BCUT2D eigenvalue weighted by Gasteiger charge is 2.26. The Labute approximate surface area is 120 Å². The highest BCUT2D eigenvalue weighted by molar-refractivity contribution is 5.67. The molecule has 0 spiro atoms. The molecule has 3 unspecified atom stereocenters. The van der Waals surface area contributed by atoms with Gasteiger partial charge in [0, 0.05) is 13.5 Å². The first-order chi connectivity index (χ1) is 8.95. The average molecular weight is 293 g/mol. The molecule has 0 aromatic carbocycles. The normalized spacial score (nSPS) is 18.0. The van der Waals surface area contributed by atoms with Gasteiger partial charge in [-0.3, -0.25) is 10.1 Å². The number of hydrogen-bond donors (Lipinski definition) is 2. The van der Waals surface area contributed by atoms with Gasteiger partial charge in [0.2, 0.25) is 0 Å². The Kier molecular flexibility index (Phi) is 7.43. The molecule has 0 aliphatic rings. The lowest BCUT2D eigenvalue weighted by Gasteiger charge is -2.29. The van der Waals surface area contributed by atoms with Crippen LogP contribution in [0.15, 0.2) is 0 Å². The van der Waals surface area contributed by atoms with Crippen LogP contribution in [0.25, 0.3) is 0 Å². The quantitative estimate of drug-likeness (QED) is 0.698. The highest BCUT2D eigenvalue weighted by atomic mass is 16.9. The zero-order valence-corrected chi connectivity index (χ0v) is 13.4. The van der Waals surface area contributed by atoms with E-state index in [0.717, 1.165) is 0 Å². The molecule has 0 rings (SSSR count). The van der Waals surface area contributed by atoms with Crippen molar-refractivity contribution in [3.05, 3.63) is 0 Å². The second kappa shape index (κ2) is 7.78. The summed E-state index contributed by atoms with van der Waals surface area (Å²) in [5.41, 5.74) is -0.579. The summed E-state index contributed by atoms with van der Waals surface area (Å²) >= 11 is 0. The van der Waals surface area contributed by atoms with E-state index in [1.54, 1.807) is 41.5 Å². The van der Waals surface area contributed by atoms with Gasteiger partial charge in [0.25, 0.3) is 5.97 Å². The molecule has 1 amide bonds. The van der Waals surface area contributed by atoms with Gasteiger partial charge in [-0.15, -0.1) is 0 Å². The largest absolute Gasteiger partial charge is 0.444 e. The smallest absolute Gasteiger partial charge is 0.409 e. The second-order valence-electron chi connectivity index (χ2n) is 5.44. The van der Waals surface area contributed by atoms with E-state index in [0.29, 0.717) is 6.61 Å². The van der Waals surface area contributed by atoms with Crippen molar-refractivity contribution in [2.45, 2.75) is 72.6 Å². The fourth-order valence-corrected chi connectivity index (χ4v) is 1.43. The number of carbonyl (C=O) groups excluding carboxylic acids is 1. The van der Waals surface area contributed by atoms with Gasteiger partial charge in [0.15, 0.2) is 6.29 Å². The summed E-state index contributed by atoms with van der Waals surface area (Å²) in [7, 11) is 0. The maximum Gasteiger partial charge on any atom is 0.409 e. The number of amides is 1. The van der Waals surface area contributed by atoms with Crippen LogP contribution in [-0.2, 0) is 18.9 Å². The molecule has 20 heavy (non-hydrogen) atoms. The number of carbonyl (C=O) groups is 1. The monoisotopic (exact) mass is 293 g/mol. The van der Waals surface area contributed by atoms with E-state index in [1.165, 1.54) is 6.92 Å². The number of nitrogens with one attached hydrogen (secondary N) is 1. The summed E-state index contributed by atoms with van der Waals surface area (Å²) in [5, 5.41) is 12.2. The van der Waals surface area contributed by atoms with E-state index in [2.05, 4.69) is 5.32 Å². The molecule has 120 valence electrons. The van der Waals surface area contributed by atoms with Crippen molar-refractivity contribution in [3.8, 4) is 0 Å². The molecule has 0 heterocycles. The van der Waals surface area contributed by atoms with Crippen molar-refractivity contribution in [1.29, 1.82) is 0 Å². The highest BCUT2D eigenvalue weighted by Crippen LogP contribution is 2.13. The van der Waals surface area contributed by atoms with E-state index in [-0.39, 0.29) is 0 Å². The van der Waals surface area contributed by atoms with Gasteiger partial charge < -0.3 is 19.3 Å². The molecule has 3 atom stereocenters. The predicted molar refractivity (Wildman–Crippen MR) is 72.7 cm³/mol. The van der Waals surface area contributed by atoms with Crippen molar-refractivity contribution in [3.63, 3.8) is 0 Å². The number of aliphatic hydroxyl groups is 1. The minimum absolute atomic E-state index is 0.297. The fraction of sp³-hybridized carbons (Fsp3) is 0.923. The first-order valence-corrected chi connectivity index (χ1v) is 6.64. The first kappa shape index (κ1) is 19.1. The molecule has 7 nitrogen and oxygen atoms in total. The number of hydrogen-bond acceptors (Lipinski definition) is 6. The Morgan fingerprint density at radius 2 is 1.80 bits per heavy atom. The maximum atomic E-state index is 11.5. The molecule has 0 aromatic rings. The fourth-order valence-electron chi connectivity index (χ4n) is 1.43. The van der Waals surface area contributed by atoms with Crippen LogP contribution in [0, 0.1) is 0 Å². The van der Waals surface area contributed by atoms with Crippen molar-refractivity contribution >= 4 is 6.09 Å². The second-order valence-corrected chi connectivity index (χ2v) is 5.44. The Morgan fingerprint density at radius 1 is 1.25 bits per heavy atom. The van der Waals surface area contributed by atoms with Gasteiger partial charge >= 0.3 is 6.09 Å². The molecule has 0 fully saturated rings. The third-order valence-corrected chi connectivity index (χ3v) is 1.91. The summed E-state index contributed by atoms with van der Waals surface area (Å²) in [5.74, 6) is -1.74. The van der Waals surface area contributed by atoms with Gasteiger partial charge in [0.05, 0.1) is 0 Å². The number of rotatable bonds is 7. The molecule has 0 saturated carbocycles. The van der Waals surface area contributed by atoms with E-state index in [9.17, 15) is 9.90 Å². The van der Waals surface area contributed by atoms with Crippen LogP contribution in [0.2, 0.25) is 0 Å². The van der Waals surface area contributed by atoms with Crippen LogP contribution in [0.5, 0.6) is 0 Å². The molecule has 0 radical (unpaired) electrons. The van der Waals surface area contributed by atoms with E-state index in [4.69, 9.17) is 18.9 Å². The molecular weight excluding hydrogens is 266 g/mol. The summed E-state index contributed by atoms with van der Waals surface area (Å²) in [4.78, 5) is 11.5. The average Bonchev–Trinajstić information content (AvgIpc) is 2.10. The van der Waals surface area contributed by atoms with Gasteiger partial charge in [-0.25, -0.2) is 4.79 Å². The van der Waals surface area contributed by atoms with Crippen molar-refractivity contribution in [2.24, 2.45) is 0 Å². The Bertz CT molecular complexity index is 300. The zero-order chi connectivity index (χ0) is 16.0. The lowest BCUT2D eigenvalue weighted by molar-refractivity contribution is -0.393. The Hall–Kier alpha value is -0.890. The molecular formula is C13H27NO6. The van der Waals surface area contributed by atoms with Gasteiger partial charge in [-0.05, 0) is 41.5 Å². The minimum Gasteiger partial charge on any atom is -0.444 e. The van der Waals surface area contributed by atoms with Gasteiger partial charge in [-0.1, -0.05) is 0 Å². The standard InChI is InChI=1S/C13H27NO6/c1-8-17-13(7,16)19-10(3)18-9(2)14-11(15)20-12(4,5)6/h9-10,16H,8H2,1-7H3,(H,14,15). The third kappa shape index (κ3) is 9.96. The summed E-state index contributed by atoms with van der Waals surface area (Å²) in [6, 6.07) is 0. The molecule has 0 saturated heterocycles. The summed E-state index contributed by atoms with van der Waals surface area (Å²) in [6.45, 7) is 11.9. The molecule has 0 bridgehead atoms. The van der Waals surface area contributed by atoms with E-state index >= 15 is 0 Å². The van der Waals surface area contributed by atoms with Crippen LogP contribution < -0.4 is 5.32 Å². The van der Waals surface area contributed by atoms with Crippen LogP contribution in [0.1, 0.15) is 48.5 Å². The number of alkyl carbamates (subject to hydrolysis) is 1. The van der Waals surface area contributed by atoms with E-state index in [1.807, 2.05) is 0 Å². The maximum absolute atomic E-state index is 11.5. The third-order valence-electron chi connectivity index (χ3n) is 1.91. The lowest BCUT2D eigenvalue weighted by atomic mass is 10.2. The van der Waals surface area contributed by atoms with E-state index < -0.39 is 30.2 Å². The Morgan fingerprint density at radius 3 is 2.25 bits per heavy atom. The number of ether oxygens (including phenoxy) is 4. The lowest BCUT2D eigenvalue weighted by Crippen LogP contribution is -2.43. The van der Waals surface area contributed by atoms with Gasteiger partial charge in [0.1, 0.15) is 11.8 Å². The van der Waals surface area contributed by atoms with Crippen LogP contribution in [-0.4, -0.2) is 41.9 Å². The molecule has 2 N–H and O–H groups in total. The van der Waals surface area contributed by atoms with Crippen molar-refractivity contribution in [2.75, 3.05) is 6.61 Å². The molecule has 7 heteroatoms. The van der Waals surface area contributed by atoms with Crippen molar-refractivity contribution in [1.82, 2.24) is 5.32 Å². The zero-order valence-electron chi connectivity index (χ0n) is 13.4. The summed E-state index contributed by atoms with van der Waals surface area (Å²) < 4.78 is 20.5. The molecule has 0 aliphatic heterocycles. The predicted octanol–water partition coefficient (Wildman–Crippen LogP) is 1.94. The van der Waals surface area contributed by atoms with Crippen LogP contribution in [0.3, 0.4) is 0 Å². The van der Waals surface area contributed by atoms with Crippen LogP contribution >= 0.6 is 0 Å². The first-order valence-electron chi connectivity index (χ1n) is 6.64. The SMILES string of the molecule is CCOC(C)(O)OC(C)OC(C)NC(=O)OC(C)(C)C. The molecule has 0 aromatic heterocycles. The van der Waals surface area contributed by atoms with Crippen LogP contribution in [0.4, 0.5) is 4.79 Å². The topological polar surface area (TPSA) is 86.3 Å². The minimum atomic E-state index is -1.74. The Balaban J connectivity index is 4.14. The molecule has 0 aliphatic carbocycles. The summed E-state index contributed by atoms with van der Waals surface area (Å²) in [6.07, 6.45) is -2.01. The van der Waals surface area contributed by atoms with Crippen molar-refractivity contribution < 1.29 is 28.8 Å².